The van der Waals surface area contributed by atoms with Crippen molar-refractivity contribution in [2.75, 3.05) is 20.2 Å². The van der Waals surface area contributed by atoms with Crippen molar-refractivity contribution in [2.24, 2.45) is 0 Å². The summed E-state index contributed by atoms with van der Waals surface area (Å²) in [6.07, 6.45) is 2.06. The Morgan fingerprint density at radius 2 is 2.07 bits per heavy atom. The number of nitro groups is 1. The van der Waals surface area contributed by atoms with Crippen molar-refractivity contribution in [2.45, 2.75) is 32.0 Å². The third-order valence-corrected chi connectivity index (χ3v) is 5.77. The topological polar surface area (TPSA) is 84.7 Å². The van der Waals surface area contributed by atoms with Crippen LogP contribution < -0.4 is 5.32 Å². The molecule has 1 saturated heterocycles. The molecule has 1 N–H and O–H groups in total. The number of hydrogen-bond donors (Lipinski definition) is 1. The van der Waals surface area contributed by atoms with Gasteiger partial charge in [-0.3, -0.25) is 15.0 Å². The highest BCUT2D eigenvalue weighted by Gasteiger charge is 2.23. The maximum Gasteiger partial charge on any atom is 0.337 e. The number of benzene rings is 1. The summed E-state index contributed by atoms with van der Waals surface area (Å²) in [6, 6.07) is 11.3. The number of ether oxygens (including phenoxy) is 1. The molecule has 3 rings (SSSR count). The van der Waals surface area contributed by atoms with Crippen LogP contribution in [0.1, 0.15) is 33.6 Å². The lowest BCUT2D eigenvalue weighted by molar-refractivity contribution is -0.380. The first-order valence-electron chi connectivity index (χ1n) is 8.92. The molecule has 0 spiro atoms. The van der Waals surface area contributed by atoms with Crippen molar-refractivity contribution in [3.05, 3.63) is 62.5 Å². The first kappa shape index (κ1) is 19.5. The van der Waals surface area contributed by atoms with Crippen LogP contribution in [-0.2, 0) is 17.8 Å². The molecule has 2 heterocycles. The van der Waals surface area contributed by atoms with E-state index in [1.165, 1.54) is 18.4 Å². The third kappa shape index (κ3) is 5.12. The Morgan fingerprint density at radius 1 is 1.30 bits per heavy atom. The summed E-state index contributed by atoms with van der Waals surface area (Å²) in [5, 5.41) is 14.5. The van der Waals surface area contributed by atoms with Gasteiger partial charge in [0, 0.05) is 30.1 Å². The van der Waals surface area contributed by atoms with Gasteiger partial charge in [0.15, 0.2) is 0 Å². The molecule has 1 fully saturated rings. The van der Waals surface area contributed by atoms with Crippen molar-refractivity contribution < 1.29 is 14.5 Å². The van der Waals surface area contributed by atoms with Gasteiger partial charge in [-0.2, -0.15) is 0 Å². The molecule has 1 aliphatic heterocycles. The molecule has 2 aromatic rings. The number of thiophene rings is 1. The van der Waals surface area contributed by atoms with Crippen LogP contribution in [0.15, 0.2) is 36.4 Å². The van der Waals surface area contributed by atoms with Crippen LogP contribution in [0, 0.1) is 10.1 Å². The number of carbonyl (C=O) groups is 1. The molecule has 0 radical (unpaired) electrons. The van der Waals surface area contributed by atoms with Crippen molar-refractivity contribution in [3.8, 4) is 0 Å². The molecule has 0 saturated carbocycles. The molecule has 27 heavy (non-hydrogen) atoms. The molecule has 0 aliphatic carbocycles. The van der Waals surface area contributed by atoms with E-state index in [0.717, 1.165) is 36.4 Å². The lowest BCUT2D eigenvalue weighted by Crippen LogP contribution is -2.42. The lowest BCUT2D eigenvalue weighted by Gasteiger charge is -2.34. The molecule has 7 nitrogen and oxygen atoms in total. The van der Waals surface area contributed by atoms with Gasteiger partial charge in [-0.05, 0) is 49.7 Å². The highest BCUT2D eigenvalue weighted by molar-refractivity contribution is 7.15. The summed E-state index contributed by atoms with van der Waals surface area (Å²) in [5.41, 5.74) is 1.56. The van der Waals surface area contributed by atoms with Crippen LogP contribution in [0.25, 0.3) is 0 Å². The van der Waals surface area contributed by atoms with Gasteiger partial charge < -0.3 is 10.1 Å². The highest BCUT2D eigenvalue weighted by Crippen LogP contribution is 2.27. The molecule has 0 amide bonds. The molecule has 0 unspecified atom stereocenters. The van der Waals surface area contributed by atoms with Crippen LogP contribution >= 0.6 is 11.3 Å². The fourth-order valence-electron chi connectivity index (χ4n) is 3.38. The summed E-state index contributed by atoms with van der Waals surface area (Å²) in [4.78, 5) is 25.8. The first-order valence-corrected chi connectivity index (χ1v) is 9.73. The van der Waals surface area contributed by atoms with Crippen molar-refractivity contribution in [3.63, 3.8) is 0 Å². The van der Waals surface area contributed by atoms with E-state index in [2.05, 4.69) is 10.2 Å². The fourth-order valence-corrected chi connectivity index (χ4v) is 4.23. The van der Waals surface area contributed by atoms with Gasteiger partial charge in [-0.25, -0.2) is 4.79 Å². The van der Waals surface area contributed by atoms with E-state index in [0.29, 0.717) is 24.7 Å². The Labute approximate surface area is 162 Å². The average molecular weight is 389 g/mol. The monoisotopic (exact) mass is 389 g/mol. The van der Waals surface area contributed by atoms with Crippen molar-refractivity contribution in [1.82, 2.24) is 10.2 Å². The van der Waals surface area contributed by atoms with Crippen LogP contribution in [0.4, 0.5) is 5.00 Å². The predicted octanol–water partition coefficient (Wildman–Crippen LogP) is 3.20. The number of hydrogen-bond acceptors (Lipinski definition) is 7. The molecule has 8 heteroatoms. The highest BCUT2D eigenvalue weighted by atomic mass is 32.1. The average Bonchev–Trinajstić information content (AvgIpc) is 3.17. The Hall–Kier alpha value is -2.29. The minimum absolute atomic E-state index is 0.169. The Morgan fingerprint density at radius 3 is 2.74 bits per heavy atom. The second-order valence-electron chi connectivity index (χ2n) is 6.58. The number of esters is 1. The van der Waals surface area contributed by atoms with Gasteiger partial charge in [0.2, 0.25) is 0 Å². The van der Waals surface area contributed by atoms with Gasteiger partial charge in [-0.15, -0.1) is 0 Å². The van der Waals surface area contributed by atoms with E-state index >= 15 is 0 Å². The molecule has 1 aromatic carbocycles. The number of piperidine rings is 1. The summed E-state index contributed by atoms with van der Waals surface area (Å²) in [7, 11) is 1.38. The number of nitrogens with zero attached hydrogens (tertiary/aromatic N) is 2. The zero-order valence-corrected chi connectivity index (χ0v) is 16.0. The summed E-state index contributed by atoms with van der Waals surface area (Å²) >= 11 is 1.23. The third-order valence-electron chi connectivity index (χ3n) is 4.75. The van der Waals surface area contributed by atoms with Gasteiger partial charge in [0.05, 0.1) is 17.6 Å². The van der Waals surface area contributed by atoms with Crippen LogP contribution in [0.2, 0.25) is 0 Å². The van der Waals surface area contributed by atoms with Gasteiger partial charge >= 0.3 is 11.0 Å². The first-order chi connectivity index (χ1) is 13.1. The van der Waals surface area contributed by atoms with E-state index in [1.807, 2.05) is 24.3 Å². The second-order valence-corrected chi connectivity index (χ2v) is 7.72. The number of carbonyl (C=O) groups excluding carboxylic acids is 1. The molecule has 144 valence electrons. The Balaban J connectivity index is 1.79. The minimum atomic E-state index is -0.348. The molecule has 0 atom stereocenters. The smallest absolute Gasteiger partial charge is 0.337 e. The standard InChI is InChI=1S/C19H23N3O4S/c1-26-19(23)15-4-2-3-14(11-15)12-21(16-7-9-20-10-8-16)13-17-5-6-18(27-17)22(24)25/h2-6,11,16,20H,7-10,12-13H2,1H3. The molecule has 1 aliphatic rings. The largest absolute Gasteiger partial charge is 0.465 e. The van der Waals surface area contributed by atoms with E-state index < -0.39 is 0 Å². The van der Waals surface area contributed by atoms with Crippen LogP contribution in [0.3, 0.4) is 0 Å². The zero-order chi connectivity index (χ0) is 19.2. The number of rotatable bonds is 7. The lowest BCUT2D eigenvalue weighted by atomic mass is 10.0. The number of methoxy groups -OCH3 is 1. The van der Waals surface area contributed by atoms with E-state index in [9.17, 15) is 14.9 Å². The Kier molecular flexibility index (Phi) is 6.54. The quantitative estimate of drug-likeness (QED) is 0.445. The van der Waals surface area contributed by atoms with Crippen molar-refractivity contribution in [1.29, 1.82) is 0 Å². The van der Waals surface area contributed by atoms with E-state index in [-0.39, 0.29) is 15.9 Å². The summed E-state index contributed by atoms with van der Waals surface area (Å²) < 4.78 is 4.81. The zero-order valence-electron chi connectivity index (χ0n) is 15.2. The SMILES string of the molecule is COC(=O)c1cccc(CN(Cc2ccc([N+](=O)[O-])s2)C2CCNCC2)c1. The van der Waals surface area contributed by atoms with Gasteiger partial charge in [-0.1, -0.05) is 23.5 Å². The maximum absolute atomic E-state index is 11.8. The summed E-state index contributed by atoms with van der Waals surface area (Å²) in [6.45, 7) is 3.27. The number of nitrogens with one attached hydrogen (secondary N) is 1. The predicted molar refractivity (Wildman–Crippen MR) is 104 cm³/mol. The molecule has 1 aromatic heterocycles. The van der Waals surface area contributed by atoms with E-state index in [1.54, 1.807) is 12.1 Å². The fraction of sp³-hybridized carbons (Fsp3) is 0.421. The van der Waals surface area contributed by atoms with E-state index in [4.69, 9.17) is 4.74 Å². The minimum Gasteiger partial charge on any atom is -0.465 e. The van der Waals surface area contributed by atoms with Crippen molar-refractivity contribution >= 4 is 22.3 Å². The van der Waals surface area contributed by atoms with Crippen LogP contribution in [0.5, 0.6) is 0 Å². The molecular formula is C19H23N3O4S. The van der Waals surface area contributed by atoms with Crippen LogP contribution in [-0.4, -0.2) is 42.0 Å². The molecular weight excluding hydrogens is 366 g/mol. The summed E-state index contributed by atoms with van der Waals surface area (Å²) in [5.74, 6) is -0.348. The van der Waals surface area contributed by atoms with Gasteiger partial charge in [0.1, 0.15) is 0 Å². The van der Waals surface area contributed by atoms with Gasteiger partial charge in [0.25, 0.3) is 0 Å². The molecule has 0 bridgehead atoms. The normalized spacial score (nSPS) is 15.0. The maximum atomic E-state index is 11.8. The Bertz CT molecular complexity index is 802. The second kappa shape index (κ2) is 9.07.